The summed E-state index contributed by atoms with van der Waals surface area (Å²) >= 11 is 0. The molecular formula is C17H26N4O5S. The second kappa shape index (κ2) is 9.79. The number of likely N-dealkylation sites (N-methyl/N-ethyl adjacent to an activating group) is 1. The number of benzene rings is 1. The second-order valence-electron chi connectivity index (χ2n) is 6.38. The Morgan fingerprint density at radius 3 is 2.33 bits per heavy atom. The van der Waals surface area contributed by atoms with Gasteiger partial charge in [-0.25, -0.2) is 8.42 Å². The van der Waals surface area contributed by atoms with Gasteiger partial charge in [-0.2, -0.15) is 4.31 Å². The lowest BCUT2D eigenvalue weighted by atomic mass is 10.2. The summed E-state index contributed by atoms with van der Waals surface area (Å²) in [6.07, 6.45) is 0. The van der Waals surface area contributed by atoms with Crippen molar-refractivity contribution >= 4 is 21.8 Å². The second-order valence-corrected chi connectivity index (χ2v) is 8.31. The van der Waals surface area contributed by atoms with E-state index in [0.29, 0.717) is 39.4 Å². The minimum Gasteiger partial charge on any atom is -0.379 e. The fourth-order valence-electron chi connectivity index (χ4n) is 2.46. The van der Waals surface area contributed by atoms with Crippen molar-refractivity contribution in [3.63, 3.8) is 0 Å². The van der Waals surface area contributed by atoms with E-state index in [4.69, 9.17) is 4.74 Å². The van der Waals surface area contributed by atoms with Gasteiger partial charge in [0.05, 0.1) is 24.7 Å². The van der Waals surface area contributed by atoms with Crippen LogP contribution in [0.3, 0.4) is 0 Å². The Morgan fingerprint density at radius 2 is 1.74 bits per heavy atom. The molecule has 0 saturated carbocycles. The number of nitrogens with one attached hydrogen (secondary N) is 2. The van der Waals surface area contributed by atoms with Crippen LogP contribution < -0.4 is 10.6 Å². The van der Waals surface area contributed by atoms with Crippen molar-refractivity contribution < 1.29 is 22.7 Å². The highest BCUT2D eigenvalue weighted by atomic mass is 32.2. The van der Waals surface area contributed by atoms with Crippen molar-refractivity contribution in [2.75, 3.05) is 60.0 Å². The zero-order valence-corrected chi connectivity index (χ0v) is 16.4. The highest BCUT2D eigenvalue weighted by molar-refractivity contribution is 7.89. The van der Waals surface area contributed by atoms with Gasteiger partial charge in [0.2, 0.25) is 15.9 Å². The standard InChI is InChI=1S/C17H26N4O5S/c1-20(2)8-7-18-16(22)13-19-17(23)14-3-5-15(6-4-14)27(24,25)21-9-11-26-12-10-21/h3-6H,7-13H2,1-2H3,(H,18,22)(H,19,23). The molecule has 2 N–H and O–H groups in total. The summed E-state index contributed by atoms with van der Waals surface area (Å²) in [5, 5.41) is 5.21. The van der Waals surface area contributed by atoms with Crippen molar-refractivity contribution in [3.8, 4) is 0 Å². The van der Waals surface area contributed by atoms with Crippen molar-refractivity contribution in [1.82, 2.24) is 19.8 Å². The van der Waals surface area contributed by atoms with Gasteiger partial charge >= 0.3 is 0 Å². The lowest BCUT2D eigenvalue weighted by molar-refractivity contribution is -0.120. The molecule has 1 aliphatic rings. The van der Waals surface area contributed by atoms with E-state index < -0.39 is 15.9 Å². The SMILES string of the molecule is CN(C)CCNC(=O)CNC(=O)c1ccc(S(=O)(=O)N2CCOCC2)cc1. The molecule has 1 fully saturated rings. The summed E-state index contributed by atoms with van der Waals surface area (Å²) in [7, 11) is 0.205. The minimum atomic E-state index is -3.59. The third kappa shape index (κ3) is 6.28. The van der Waals surface area contributed by atoms with Crippen LogP contribution in [0.2, 0.25) is 0 Å². The third-order valence-electron chi connectivity index (χ3n) is 4.02. The molecule has 0 atom stereocenters. The van der Waals surface area contributed by atoms with Crippen molar-refractivity contribution in [1.29, 1.82) is 0 Å². The van der Waals surface area contributed by atoms with Gasteiger partial charge in [-0.15, -0.1) is 0 Å². The van der Waals surface area contributed by atoms with Crippen LogP contribution in [-0.2, 0) is 19.6 Å². The van der Waals surface area contributed by atoms with Gasteiger partial charge in [-0.1, -0.05) is 0 Å². The average Bonchev–Trinajstić information content (AvgIpc) is 2.66. The molecule has 1 heterocycles. The van der Waals surface area contributed by atoms with Gasteiger partial charge in [0, 0.05) is 31.7 Å². The topological polar surface area (TPSA) is 108 Å². The molecule has 2 amide bonds. The largest absolute Gasteiger partial charge is 0.379 e. The van der Waals surface area contributed by atoms with Crippen LogP contribution in [0.15, 0.2) is 29.2 Å². The fourth-order valence-corrected chi connectivity index (χ4v) is 3.87. The first-order valence-corrected chi connectivity index (χ1v) is 10.1. The Morgan fingerprint density at radius 1 is 1.11 bits per heavy atom. The van der Waals surface area contributed by atoms with Gasteiger partial charge < -0.3 is 20.3 Å². The van der Waals surface area contributed by atoms with Crippen LogP contribution >= 0.6 is 0 Å². The van der Waals surface area contributed by atoms with Crippen LogP contribution in [0, 0.1) is 0 Å². The van der Waals surface area contributed by atoms with Crippen molar-refractivity contribution in [3.05, 3.63) is 29.8 Å². The summed E-state index contributed by atoms with van der Waals surface area (Å²) in [4.78, 5) is 25.9. The summed E-state index contributed by atoms with van der Waals surface area (Å²) in [5.41, 5.74) is 0.289. The Labute approximate surface area is 159 Å². The maximum absolute atomic E-state index is 12.5. The summed E-state index contributed by atoms with van der Waals surface area (Å²) in [6, 6.07) is 5.67. The number of carbonyl (C=O) groups excluding carboxylic acids is 2. The molecule has 0 unspecified atom stereocenters. The fraction of sp³-hybridized carbons (Fsp3) is 0.529. The van der Waals surface area contributed by atoms with Gasteiger partial charge in [0.1, 0.15) is 0 Å². The van der Waals surface area contributed by atoms with E-state index in [1.54, 1.807) is 0 Å². The maximum Gasteiger partial charge on any atom is 0.251 e. The van der Waals surface area contributed by atoms with Crippen LogP contribution in [0.4, 0.5) is 0 Å². The number of hydrogen-bond donors (Lipinski definition) is 2. The number of nitrogens with zero attached hydrogens (tertiary/aromatic N) is 2. The molecule has 150 valence electrons. The molecule has 0 radical (unpaired) electrons. The van der Waals surface area contributed by atoms with Crippen molar-refractivity contribution in [2.45, 2.75) is 4.90 Å². The van der Waals surface area contributed by atoms with E-state index in [0.717, 1.165) is 0 Å². The first-order valence-electron chi connectivity index (χ1n) is 8.68. The number of morpholine rings is 1. The Kier molecular flexibility index (Phi) is 7.72. The molecule has 2 rings (SSSR count). The van der Waals surface area contributed by atoms with Gasteiger partial charge in [0.25, 0.3) is 5.91 Å². The quantitative estimate of drug-likeness (QED) is 0.589. The molecule has 0 spiro atoms. The first kappa shape index (κ1) is 21.3. The van der Waals surface area contributed by atoms with Crippen molar-refractivity contribution in [2.24, 2.45) is 0 Å². The molecule has 1 aliphatic heterocycles. The van der Waals surface area contributed by atoms with Gasteiger partial charge in [0.15, 0.2) is 0 Å². The highest BCUT2D eigenvalue weighted by Crippen LogP contribution is 2.17. The van der Waals surface area contributed by atoms with Gasteiger partial charge in [-0.05, 0) is 38.4 Å². The molecule has 27 heavy (non-hydrogen) atoms. The molecule has 1 aromatic rings. The molecular weight excluding hydrogens is 372 g/mol. The van der Waals surface area contributed by atoms with Gasteiger partial charge in [-0.3, -0.25) is 9.59 Å². The van der Waals surface area contributed by atoms with E-state index in [1.165, 1.54) is 28.6 Å². The first-order chi connectivity index (χ1) is 12.8. The summed E-state index contributed by atoms with van der Waals surface area (Å²) < 4.78 is 31.6. The number of carbonyl (C=O) groups is 2. The lowest BCUT2D eigenvalue weighted by Gasteiger charge is -2.26. The number of rotatable bonds is 8. The highest BCUT2D eigenvalue weighted by Gasteiger charge is 2.26. The third-order valence-corrected chi connectivity index (χ3v) is 5.93. The van der Waals surface area contributed by atoms with E-state index in [9.17, 15) is 18.0 Å². The van der Waals surface area contributed by atoms with Crippen LogP contribution in [0.1, 0.15) is 10.4 Å². The Hall–Kier alpha value is -2.01. The van der Waals surface area contributed by atoms with Crippen LogP contribution in [0.25, 0.3) is 0 Å². The monoisotopic (exact) mass is 398 g/mol. The zero-order chi connectivity index (χ0) is 19.9. The molecule has 0 aliphatic carbocycles. The van der Waals surface area contributed by atoms with E-state index >= 15 is 0 Å². The van der Waals surface area contributed by atoms with E-state index in [2.05, 4.69) is 10.6 Å². The van der Waals surface area contributed by atoms with Crippen LogP contribution in [-0.4, -0.2) is 89.5 Å². The summed E-state index contributed by atoms with van der Waals surface area (Å²) in [5.74, 6) is -0.718. The minimum absolute atomic E-state index is 0.127. The van der Waals surface area contributed by atoms with Crippen LogP contribution in [0.5, 0.6) is 0 Å². The average molecular weight is 398 g/mol. The molecule has 10 heteroatoms. The molecule has 9 nitrogen and oxygen atoms in total. The summed E-state index contributed by atoms with van der Waals surface area (Å²) in [6.45, 7) is 2.43. The molecule has 1 aromatic carbocycles. The maximum atomic E-state index is 12.5. The normalized spacial score (nSPS) is 15.5. The number of hydrogen-bond acceptors (Lipinski definition) is 6. The lowest BCUT2D eigenvalue weighted by Crippen LogP contribution is -2.40. The predicted molar refractivity (Wildman–Crippen MR) is 99.9 cm³/mol. The van der Waals surface area contributed by atoms with E-state index in [-0.39, 0.29) is 22.9 Å². The molecule has 0 aromatic heterocycles. The predicted octanol–water partition coefficient (Wildman–Crippen LogP) is -0.885. The smallest absolute Gasteiger partial charge is 0.251 e. The Balaban J connectivity index is 1.88. The number of amides is 2. The zero-order valence-electron chi connectivity index (χ0n) is 15.6. The number of ether oxygens (including phenoxy) is 1. The molecule has 1 saturated heterocycles. The molecule has 0 bridgehead atoms. The van der Waals surface area contributed by atoms with E-state index in [1.807, 2.05) is 19.0 Å². The number of sulfonamides is 1. The Bertz CT molecular complexity index is 743.